The predicted octanol–water partition coefficient (Wildman–Crippen LogP) is -4.31. The van der Waals surface area contributed by atoms with E-state index in [4.69, 9.17) is 0 Å². The number of hydrogen-bond acceptors (Lipinski definition) is 0. The molecule has 0 aromatic rings. The van der Waals surface area contributed by atoms with Gasteiger partial charge in [-0.3, -0.25) is 0 Å². The summed E-state index contributed by atoms with van der Waals surface area (Å²) in [5.41, 5.74) is 0. The van der Waals surface area contributed by atoms with Crippen molar-refractivity contribution in [2.24, 2.45) is 0 Å². The van der Waals surface area contributed by atoms with Crippen LogP contribution in [0.15, 0.2) is 0 Å². The molecule has 7 heavy (non-hydrogen) atoms. The van der Waals surface area contributed by atoms with Gasteiger partial charge in [0.25, 0.3) is 0 Å². The van der Waals surface area contributed by atoms with Gasteiger partial charge in [0, 0.05) is 21.1 Å². The Balaban J connectivity index is 0. The summed E-state index contributed by atoms with van der Waals surface area (Å²) in [5, 5.41) is 0. The fourth-order valence-electron chi connectivity index (χ4n) is 0. The summed E-state index contributed by atoms with van der Waals surface area (Å²) in [5.74, 6) is 0. The molecule has 0 aliphatic carbocycles. The Morgan fingerprint density at radius 3 is 0.429 bits per heavy atom. The second-order valence-corrected chi connectivity index (χ2v) is 0. The first kappa shape index (κ1) is 57.2. The van der Waals surface area contributed by atoms with Crippen molar-refractivity contribution in [2.75, 3.05) is 0 Å². The van der Waals surface area contributed by atoms with Crippen LogP contribution in [-0.2, 0) is 21.1 Å². The van der Waals surface area contributed by atoms with Crippen LogP contribution in [0.5, 0.6) is 0 Å². The summed E-state index contributed by atoms with van der Waals surface area (Å²) >= 11 is 0. The Hall–Kier alpha value is 5.12. The van der Waals surface area contributed by atoms with Gasteiger partial charge in [-0.25, -0.2) is 0 Å². The van der Waals surface area contributed by atoms with Gasteiger partial charge in [0.1, 0.15) is 0 Å². The molecule has 0 spiro atoms. The van der Waals surface area contributed by atoms with E-state index in [-0.39, 0.29) is 173 Å². The molecule has 0 nitrogen and oxygen atoms in total. The zero-order valence-electron chi connectivity index (χ0n) is 3.95. The SMILES string of the molecule is Cl.Cl.Cl.Cl.[K+].[K+].[Pt]. The Labute approximate surface area is 168 Å². The van der Waals surface area contributed by atoms with E-state index in [1.54, 1.807) is 0 Å². The molecular formula is H4Cl4K2Pt+2. The van der Waals surface area contributed by atoms with E-state index >= 15 is 0 Å². The maximum absolute atomic E-state index is 0. The zero-order valence-corrected chi connectivity index (χ0v) is 15.7. The zero-order chi connectivity index (χ0) is 0. The number of hydrogen-bond donors (Lipinski definition) is 0. The van der Waals surface area contributed by atoms with Crippen LogP contribution in [0.1, 0.15) is 0 Å². The number of rotatable bonds is 0. The first-order valence-corrected chi connectivity index (χ1v) is 0. The van der Waals surface area contributed by atoms with Crippen LogP contribution >= 0.6 is 49.6 Å². The summed E-state index contributed by atoms with van der Waals surface area (Å²) in [7, 11) is 0. The van der Waals surface area contributed by atoms with E-state index in [0.29, 0.717) is 0 Å². The monoisotopic (exact) mass is 417 g/mol. The van der Waals surface area contributed by atoms with Gasteiger partial charge in [-0.05, 0) is 0 Å². The van der Waals surface area contributed by atoms with Crippen LogP contribution in [0.25, 0.3) is 0 Å². The molecule has 0 N–H and O–H groups in total. The van der Waals surface area contributed by atoms with Crippen molar-refractivity contribution in [3.8, 4) is 0 Å². The van der Waals surface area contributed by atoms with Crippen molar-refractivity contribution >= 4 is 49.6 Å². The molecule has 0 bridgehead atoms. The molecule has 0 aliphatic rings. The molecule has 0 atom stereocenters. The third-order valence-electron chi connectivity index (χ3n) is 0. The molecule has 0 radical (unpaired) electrons. The minimum atomic E-state index is 0. The second-order valence-electron chi connectivity index (χ2n) is 0. The topological polar surface area (TPSA) is 0 Å². The maximum atomic E-state index is 0. The molecule has 42 valence electrons. The minimum absolute atomic E-state index is 0. The molecule has 0 fully saturated rings. The van der Waals surface area contributed by atoms with Crippen LogP contribution in [-0.4, -0.2) is 0 Å². The van der Waals surface area contributed by atoms with Crippen molar-refractivity contribution < 1.29 is 124 Å². The van der Waals surface area contributed by atoms with Gasteiger partial charge in [0.15, 0.2) is 0 Å². The maximum Gasteiger partial charge on any atom is 1.00 e. The molecule has 0 aromatic carbocycles. The van der Waals surface area contributed by atoms with Crippen molar-refractivity contribution in [3.05, 3.63) is 0 Å². The minimum Gasteiger partial charge on any atom is -0.147 e. The van der Waals surface area contributed by atoms with Crippen LogP contribution < -0.4 is 103 Å². The van der Waals surface area contributed by atoms with E-state index in [0.717, 1.165) is 0 Å². The van der Waals surface area contributed by atoms with Crippen LogP contribution in [0.3, 0.4) is 0 Å². The number of halogens is 4. The fraction of sp³-hybridized carbons (Fsp3) is 0. The van der Waals surface area contributed by atoms with E-state index in [2.05, 4.69) is 0 Å². The fourth-order valence-corrected chi connectivity index (χ4v) is 0. The van der Waals surface area contributed by atoms with Crippen LogP contribution in [0, 0.1) is 0 Å². The molecule has 0 unspecified atom stereocenters. The quantitative estimate of drug-likeness (QED) is 0.349. The van der Waals surface area contributed by atoms with Crippen molar-refractivity contribution in [3.63, 3.8) is 0 Å². The van der Waals surface area contributed by atoms with Gasteiger partial charge in [0.2, 0.25) is 0 Å². The van der Waals surface area contributed by atoms with Crippen LogP contribution in [0.4, 0.5) is 0 Å². The second kappa shape index (κ2) is 43.4. The molecule has 0 saturated heterocycles. The van der Waals surface area contributed by atoms with E-state index in [9.17, 15) is 0 Å². The molecule has 0 aliphatic heterocycles. The molecule has 0 rings (SSSR count). The largest absolute Gasteiger partial charge is 1.00 e. The summed E-state index contributed by atoms with van der Waals surface area (Å²) in [6.07, 6.45) is 0. The van der Waals surface area contributed by atoms with Gasteiger partial charge in [-0.15, -0.1) is 49.6 Å². The summed E-state index contributed by atoms with van der Waals surface area (Å²) in [6, 6.07) is 0. The smallest absolute Gasteiger partial charge is 0.147 e. The van der Waals surface area contributed by atoms with Gasteiger partial charge < -0.3 is 0 Å². The van der Waals surface area contributed by atoms with Crippen molar-refractivity contribution in [2.45, 2.75) is 0 Å². The third kappa shape index (κ3) is 35.3. The van der Waals surface area contributed by atoms with E-state index in [1.165, 1.54) is 0 Å². The average molecular weight is 419 g/mol. The van der Waals surface area contributed by atoms with Gasteiger partial charge in [-0.1, -0.05) is 0 Å². The van der Waals surface area contributed by atoms with Gasteiger partial charge in [-0.2, -0.15) is 0 Å². The van der Waals surface area contributed by atoms with E-state index < -0.39 is 0 Å². The first-order chi connectivity index (χ1) is 0. The standard InChI is InChI=1S/4ClH.2K.Pt/h4*1H;;;/q;;;;2*+1;. The molecule has 0 saturated carbocycles. The van der Waals surface area contributed by atoms with Crippen molar-refractivity contribution in [1.29, 1.82) is 0 Å². The normalized spacial score (nSPS) is 0. The van der Waals surface area contributed by atoms with Gasteiger partial charge in [0.05, 0.1) is 0 Å². The summed E-state index contributed by atoms with van der Waals surface area (Å²) in [6.45, 7) is 0. The Kier molecular flexibility index (Phi) is 355. The Morgan fingerprint density at radius 2 is 0.429 bits per heavy atom. The summed E-state index contributed by atoms with van der Waals surface area (Å²) in [4.78, 5) is 0. The molecule has 0 heterocycles. The van der Waals surface area contributed by atoms with Gasteiger partial charge >= 0.3 is 103 Å². The van der Waals surface area contributed by atoms with Crippen LogP contribution in [0.2, 0.25) is 0 Å². The Bertz CT molecular complexity index is 9.65. The Morgan fingerprint density at radius 1 is 0.429 bits per heavy atom. The summed E-state index contributed by atoms with van der Waals surface area (Å²) < 4.78 is 0. The predicted molar refractivity (Wildman–Crippen MR) is 29.0 cm³/mol. The molecular weight excluding hydrogens is 415 g/mol. The van der Waals surface area contributed by atoms with Crippen molar-refractivity contribution in [1.82, 2.24) is 0 Å². The first-order valence-electron chi connectivity index (χ1n) is 0. The molecule has 0 aromatic heterocycles. The van der Waals surface area contributed by atoms with E-state index in [1.807, 2.05) is 0 Å². The average Bonchev–Trinajstić information content (AvgIpc) is 0. The molecule has 7 heteroatoms. The molecule has 0 amide bonds. The third-order valence-corrected chi connectivity index (χ3v) is 0.